The predicted octanol–water partition coefficient (Wildman–Crippen LogP) is 3.06. The van der Waals surface area contributed by atoms with Gasteiger partial charge in [-0.2, -0.15) is 0 Å². The number of thiocarbonyl (C=S) groups is 1. The van der Waals surface area contributed by atoms with E-state index < -0.39 is 16.9 Å². The van der Waals surface area contributed by atoms with Crippen molar-refractivity contribution < 1.29 is 19.5 Å². The fourth-order valence-corrected chi connectivity index (χ4v) is 6.20. The quantitative estimate of drug-likeness (QED) is 0.714. The van der Waals surface area contributed by atoms with Crippen LogP contribution in [0.2, 0.25) is 0 Å². The smallest absolute Gasteiger partial charge is 0.327 e. The van der Waals surface area contributed by atoms with Gasteiger partial charge in [0.2, 0.25) is 0 Å². The molecule has 1 aromatic carbocycles. The summed E-state index contributed by atoms with van der Waals surface area (Å²) in [4.78, 5) is 40.0. The van der Waals surface area contributed by atoms with E-state index in [-0.39, 0.29) is 17.6 Å². The minimum atomic E-state index is -0.894. The molecule has 1 amide bonds. The van der Waals surface area contributed by atoms with Crippen LogP contribution in [0.15, 0.2) is 30.3 Å². The number of hydrogen-bond donors (Lipinski definition) is 1. The molecule has 1 aromatic rings. The highest BCUT2D eigenvalue weighted by Gasteiger charge is 2.52. The summed E-state index contributed by atoms with van der Waals surface area (Å²) < 4.78 is 0. The molecule has 2 atom stereocenters. The Kier molecular flexibility index (Phi) is 6.63. The van der Waals surface area contributed by atoms with E-state index in [4.69, 9.17) is 12.2 Å². The van der Waals surface area contributed by atoms with Gasteiger partial charge in [-0.25, -0.2) is 4.79 Å². The molecule has 0 bridgehead atoms. The Morgan fingerprint density at radius 1 is 1.24 bits per heavy atom. The zero-order chi connectivity index (χ0) is 21.2. The molecule has 6 nitrogen and oxygen atoms in total. The standard InChI is InChI=1S/C21H26N2O4S2/c1-14(12-15(2)24)19(28)23-17(20(26)27)13-29-21(23)8-10-22(11-9-21)18(25)16-6-4-3-5-7-16/h3-7,14,17H,8-13H2,1-2H3,(H,26,27)/t14-,17-/m0/s1. The third-order valence-corrected chi connectivity index (χ3v) is 7.87. The maximum Gasteiger partial charge on any atom is 0.327 e. The van der Waals surface area contributed by atoms with Crippen LogP contribution in [0.1, 0.15) is 43.5 Å². The first kappa shape index (κ1) is 21.8. The monoisotopic (exact) mass is 434 g/mol. The van der Waals surface area contributed by atoms with Crippen molar-refractivity contribution in [3.05, 3.63) is 35.9 Å². The number of rotatable bonds is 5. The molecule has 2 fully saturated rings. The lowest BCUT2D eigenvalue weighted by Gasteiger charge is -2.47. The molecule has 1 spiro atoms. The SMILES string of the molecule is CC(=O)C[C@H](C)C(=S)N1[C@H](C(=O)O)CSC12CCN(C(=O)c1ccccc1)CC2. The average Bonchev–Trinajstić information content (AvgIpc) is 3.06. The number of thioether (sulfide) groups is 1. The Bertz CT molecular complexity index is 806. The summed E-state index contributed by atoms with van der Waals surface area (Å²) in [6.07, 6.45) is 1.60. The number of amides is 1. The second-order valence-electron chi connectivity index (χ2n) is 7.78. The Labute approximate surface area is 180 Å². The third kappa shape index (κ3) is 4.48. The summed E-state index contributed by atoms with van der Waals surface area (Å²) in [7, 11) is 0. The number of Topliss-reactive ketones (excluding diaryl/α,β-unsaturated/α-hetero) is 1. The van der Waals surface area contributed by atoms with Crippen molar-refractivity contribution in [2.75, 3.05) is 18.8 Å². The molecular weight excluding hydrogens is 408 g/mol. The molecule has 0 aromatic heterocycles. The number of piperidine rings is 1. The van der Waals surface area contributed by atoms with Crippen LogP contribution < -0.4 is 0 Å². The fourth-order valence-electron chi connectivity index (χ4n) is 4.16. The van der Waals surface area contributed by atoms with Gasteiger partial charge in [0.05, 0.1) is 9.86 Å². The first-order valence-corrected chi connectivity index (χ1v) is 11.2. The Morgan fingerprint density at radius 2 is 1.86 bits per heavy atom. The lowest BCUT2D eigenvalue weighted by Crippen LogP contribution is -2.58. The fraction of sp³-hybridized carbons (Fsp3) is 0.524. The van der Waals surface area contributed by atoms with E-state index in [1.807, 2.05) is 47.1 Å². The number of aliphatic carboxylic acids is 1. The summed E-state index contributed by atoms with van der Waals surface area (Å²) >= 11 is 7.30. The molecule has 2 aliphatic rings. The minimum Gasteiger partial charge on any atom is -0.480 e. The Morgan fingerprint density at radius 3 is 2.41 bits per heavy atom. The Balaban J connectivity index is 1.77. The third-order valence-electron chi connectivity index (χ3n) is 5.65. The molecule has 3 rings (SSSR count). The number of carboxylic acid groups (broad SMARTS) is 1. The van der Waals surface area contributed by atoms with Crippen LogP contribution >= 0.6 is 24.0 Å². The largest absolute Gasteiger partial charge is 0.480 e. The first-order valence-electron chi connectivity index (χ1n) is 9.79. The minimum absolute atomic E-state index is 0.00249. The van der Waals surface area contributed by atoms with Gasteiger partial charge in [0.15, 0.2) is 0 Å². The normalized spacial score (nSPS) is 21.8. The van der Waals surface area contributed by atoms with Gasteiger partial charge in [-0.05, 0) is 31.9 Å². The molecule has 2 aliphatic heterocycles. The van der Waals surface area contributed by atoms with Crippen LogP contribution in [0.5, 0.6) is 0 Å². The molecule has 0 radical (unpaired) electrons. The van der Waals surface area contributed by atoms with Gasteiger partial charge in [0, 0.05) is 36.7 Å². The van der Waals surface area contributed by atoms with E-state index in [1.54, 1.807) is 11.8 Å². The van der Waals surface area contributed by atoms with Crippen molar-refractivity contribution in [3.63, 3.8) is 0 Å². The first-order chi connectivity index (χ1) is 13.7. The average molecular weight is 435 g/mol. The van der Waals surface area contributed by atoms with E-state index in [9.17, 15) is 19.5 Å². The van der Waals surface area contributed by atoms with Gasteiger partial charge < -0.3 is 19.7 Å². The van der Waals surface area contributed by atoms with Crippen molar-refractivity contribution in [2.45, 2.75) is 44.0 Å². The van der Waals surface area contributed by atoms with E-state index in [0.717, 1.165) is 0 Å². The van der Waals surface area contributed by atoms with Crippen LogP contribution in [-0.2, 0) is 9.59 Å². The van der Waals surface area contributed by atoms with Crippen molar-refractivity contribution in [3.8, 4) is 0 Å². The highest BCUT2D eigenvalue weighted by molar-refractivity contribution is 8.01. The topological polar surface area (TPSA) is 77.9 Å². The zero-order valence-corrected chi connectivity index (χ0v) is 18.3. The maximum absolute atomic E-state index is 12.8. The van der Waals surface area contributed by atoms with Crippen molar-refractivity contribution in [1.82, 2.24) is 9.80 Å². The van der Waals surface area contributed by atoms with Gasteiger partial charge >= 0.3 is 5.97 Å². The number of benzene rings is 1. The lowest BCUT2D eigenvalue weighted by atomic mass is 9.96. The van der Waals surface area contributed by atoms with Crippen LogP contribution in [0.4, 0.5) is 0 Å². The Hall–Kier alpha value is -1.93. The molecule has 29 heavy (non-hydrogen) atoms. The number of nitrogens with zero attached hydrogens (tertiary/aromatic N) is 2. The summed E-state index contributed by atoms with van der Waals surface area (Å²) in [6.45, 7) is 4.50. The molecule has 0 aliphatic carbocycles. The van der Waals surface area contributed by atoms with Gasteiger partial charge in [0.1, 0.15) is 11.8 Å². The highest BCUT2D eigenvalue weighted by Crippen LogP contribution is 2.48. The van der Waals surface area contributed by atoms with Crippen LogP contribution in [0.25, 0.3) is 0 Å². The molecule has 2 heterocycles. The second kappa shape index (κ2) is 8.83. The van der Waals surface area contributed by atoms with Gasteiger partial charge in [-0.3, -0.25) is 4.79 Å². The van der Waals surface area contributed by atoms with Gasteiger partial charge in [-0.1, -0.05) is 37.3 Å². The number of likely N-dealkylation sites (tertiary alicyclic amines) is 1. The molecule has 1 N–H and O–H groups in total. The number of ketones is 1. The second-order valence-corrected chi connectivity index (χ2v) is 9.59. The summed E-state index contributed by atoms with van der Waals surface area (Å²) in [6, 6.07) is 8.49. The van der Waals surface area contributed by atoms with Gasteiger partial charge in [-0.15, -0.1) is 11.8 Å². The summed E-state index contributed by atoms with van der Waals surface area (Å²) in [5.41, 5.74) is 0.661. The van der Waals surface area contributed by atoms with Crippen molar-refractivity contribution in [2.24, 2.45) is 5.92 Å². The van der Waals surface area contributed by atoms with E-state index in [0.29, 0.717) is 48.7 Å². The molecule has 156 valence electrons. The lowest BCUT2D eigenvalue weighted by molar-refractivity contribution is -0.141. The van der Waals surface area contributed by atoms with Crippen LogP contribution in [0, 0.1) is 5.92 Å². The molecular formula is C21H26N2O4S2. The molecule has 8 heteroatoms. The highest BCUT2D eigenvalue weighted by atomic mass is 32.2. The number of carboxylic acids is 1. The summed E-state index contributed by atoms with van der Waals surface area (Å²) in [5, 5.41) is 9.75. The zero-order valence-electron chi connectivity index (χ0n) is 16.7. The van der Waals surface area contributed by atoms with Gasteiger partial charge in [0.25, 0.3) is 5.91 Å². The van der Waals surface area contributed by atoms with E-state index in [2.05, 4.69) is 0 Å². The van der Waals surface area contributed by atoms with E-state index in [1.165, 1.54) is 6.92 Å². The molecule has 0 unspecified atom stereocenters. The maximum atomic E-state index is 12.8. The number of carbonyl (C=O) groups is 3. The van der Waals surface area contributed by atoms with Crippen LogP contribution in [-0.4, -0.2) is 67.3 Å². The molecule has 0 saturated carbocycles. The van der Waals surface area contributed by atoms with E-state index >= 15 is 0 Å². The van der Waals surface area contributed by atoms with Crippen molar-refractivity contribution >= 4 is 46.6 Å². The number of hydrogen-bond acceptors (Lipinski definition) is 5. The molecule has 2 saturated heterocycles. The summed E-state index contributed by atoms with van der Waals surface area (Å²) in [5.74, 6) is -0.596. The predicted molar refractivity (Wildman–Crippen MR) is 117 cm³/mol. The number of carbonyl (C=O) groups excluding carboxylic acids is 2. The van der Waals surface area contributed by atoms with Crippen LogP contribution in [0.3, 0.4) is 0 Å². The van der Waals surface area contributed by atoms with Crippen molar-refractivity contribution in [1.29, 1.82) is 0 Å².